The van der Waals surface area contributed by atoms with Crippen molar-refractivity contribution in [2.75, 3.05) is 18.2 Å². The summed E-state index contributed by atoms with van der Waals surface area (Å²) in [4.78, 5) is 12.1. The van der Waals surface area contributed by atoms with E-state index in [2.05, 4.69) is 37.2 Å². The fraction of sp³-hybridized carbons (Fsp3) is 0.167. The number of phenols is 1. The molecule has 0 aliphatic heterocycles. The molecule has 0 unspecified atom stereocenters. The van der Waals surface area contributed by atoms with Crippen LogP contribution < -0.4 is 11.1 Å². The van der Waals surface area contributed by atoms with Crippen molar-refractivity contribution < 1.29 is 19.7 Å². The number of nitrogens with two attached hydrogens (primary N) is 1. The molecule has 8 heteroatoms. The molecule has 2 atom stereocenters. The van der Waals surface area contributed by atoms with E-state index in [0.717, 1.165) is 0 Å². The SMILES string of the molecule is CO[C@@H](/C=C/C(=O)Nc1ccccc1N)[C@@H](O)c1cc(Br)cc(Br)c1O. The Morgan fingerprint density at radius 3 is 2.65 bits per heavy atom. The second-order valence-electron chi connectivity index (χ2n) is 5.41. The Bertz CT molecular complexity index is 827. The van der Waals surface area contributed by atoms with E-state index in [4.69, 9.17) is 10.5 Å². The summed E-state index contributed by atoms with van der Waals surface area (Å²) in [6, 6.07) is 10.1. The summed E-state index contributed by atoms with van der Waals surface area (Å²) < 4.78 is 6.34. The number of amides is 1. The first kappa shape index (κ1) is 20.4. The van der Waals surface area contributed by atoms with Crippen LogP contribution in [-0.2, 0) is 9.53 Å². The van der Waals surface area contributed by atoms with E-state index < -0.39 is 18.1 Å². The minimum absolute atomic E-state index is 0.0994. The van der Waals surface area contributed by atoms with Crippen molar-refractivity contribution in [2.45, 2.75) is 12.2 Å². The molecule has 0 spiro atoms. The van der Waals surface area contributed by atoms with Gasteiger partial charge in [-0.3, -0.25) is 4.79 Å². The van der Waals surface area contributed by atoms with Crippen LogP contribution in [0.1, 0.15) is 11.7 Å². The van der Waals surface area contributed by atoms with E-state index in [1.807, 2.05) is 0 Å². The van der Waals surface area contributed by atoms with Crippen molar-refractivity contribution in [2.24, 2.45) is 0 Å². The molecular weight excluding hydrogens is 468 g/mol. The third-order valence-electron chi connectivity index (χ3n) is 3.62. The Morgan fingerprint density at radius 2 is 2.00 bits per heavy atom. The zero-order chi connectivity index (χ0) is 19.3. The maximum absolute atomic E-state index is 12.1. The van der Waals surface area contributed by atoms with Crippen LogP contribution in [-0.4, -0.2) is 29.3 Å². The van der Waals surface area contributed by atoms with Gasteiger partial charge in [0.05, 0.1) is 15.8 Å². The number of halogens is 2. The largest absolute Gasteiger partial charge is 0.506 e. The third kappa shape index (κ3) is 5.07. The molecule has 0 aliphatic carbocycles. The Labute approximate surface area is 167 Å². The van der Waals surface area contributed by atoms with E-state index in [1.54, 1.807) is 36.4 Å². The van der Waals surface area contributed by atoms with Crippen LogP contribution in [0.3, 0.4) is 0 Å². The quantitative estimate of drug-likeness (QED) is 0.368. The lowest BCUT2D eigenvalue weighted by atomic mass is 10.0. The maximum atomic E-state index is 12.1. The summed E-state index contributed by atoms with van der Waals surface area (Å²) in [6.45, 7) is 0. The molecule has 0 heterocycles. The average Bonchev–Trinajstić information content (AvgIpc) is 2.60. The molecule has 2 rings (SSSR count). The molecular formula is C18H18Br2N2O4. The van der Waals surface area contributed by atoms with Crippen molar-refractivity contribution in [1.29, 1.82) is 0 Å². The van der Waals surface area contributed by atoms with Crippen LogP contribution in [0.5, 0.6) is 5.75 Å². The summed E-state index contributed by atoms with van der Waals surface area (Å²) in [7, 11) is 1.40. The van der Waals surface area contributed by atoms with Gasteiger partial charge in [-0.05, 0) is 46.3 Å². The Kier molecular flexibility index (Phi) is 7.22. The molecule has 2 aromatic carbocycles. The molecule has 0 saturated heterocycles. The van der Waals surface area contributed by atoms with Crippen molar-refractivity contribution in [3.63, 3.8) is 0 Å². The zero-order valence-corrected chi connectivity index (χ0v) is 17.0. The number of ether oxygens (including phenoxy) is 1. The van der Waals surface area contributed by atoms with Gasteiger partial charge in [0, 0.05) is 23.2 Å². The number of anilines is 2. The van der Waals surface area contributed by atoms with E-state index in [0.29, 0.717) is 20.3 Å². The van der Waals surface area contributed by atoms with E-state index in [1.165, 1.54) is 19.3 Å². The number of rotatable bonds is 6. The molecule has 0 bridgehead atoms. The van der Waals surface area contributed by atoms with Gasteiger partial charge in [0.25, 0.3) is 0 Å². The summed E-state index contributed by atoms with van der Waals surface area (Å²) in [5.74, 6) is -0.519. The number of carbonyl (C=O) groups excluding carboxylic acids is 1. The predicted molar refractivity (Wildman–Crippen MR) is 108 cm³/mol. The van der Waals surface area contributed by atoms with Gasteiger partial charge in [-0.15, -0.1) is 0 Å². The number of nitrogens with one attached hydrogen (secondary N) is 1. The van der Waals surface area contributed by atoms with Crippen molar-refractivity contribution in [1.82, 2.24) is 0 Å². The van der Waals surface area contributed by atoms with Crippen LogP contribution in [0, 0.1) is 0 Å². The monoisotopic (exact) mass is 484 g/mol. The summed E-state index contributed by atoms with van der Waals surface area (Å²) in [6.07, 6.45) is 0.627. The first-order valence-corrected chi connectivity index (χ1v) is 9.14. The molecule has 0 aromatic heterocycles. The van der Waals surface area contributed by atoms with Crippen LogP contribution in [0.4, 0.5) is 11.4 Å². The highest BCUT2D eigenvalue weighted by Crippen LogP contribution is 2.37. The van der Waals surface area contributed by atoms with Gasteiger partial charge in [0.2, 0.25) is 5.91 Å². The Balaban J connectivity index is 2.14. The highest BCUT2D eigenvalue weighted by Gasteiger charge is 2.23. The number of aliphatic hydroxyl groups excluding tert-OH is 1. The highest BCUT2D eigenvalue weighted by atomic mass is 79.9. The standard InChI is InChI=1S/C18H18Br2N2O4/c1-26-15(18(25)11-8-10(19)9-12(20)17(11)24)6-7-16(23)22-14-5-3-2-4-13(14)21/h2-9,15,18,24-25H,21H2,1H3,(H,22,23)/b7-6+/t15-,18-/m0/s1. The normalized spacial score (nSPS) is 13.5. The molecule has 2 aromatic rings. The first-order chi connectivity index (χ1) is 12.3. The minimum Gasteiger partial charge on any atom is -0.506 e. The number of aromatic hydroxyl groups is 1. The number of aliphatic hydroxyl groups is 1. The van der Waals surface area contributed by atoms with Gasteiger partial charge in [-0.1, -0.05) is 28.1 Å². The maximum Gasteiger partial charge on any atom is 0.248 e. The predicted octanol–water partition coefficient (Wildman–Crippen LogP) is 3.74. The summed E-state index contributed by atoms with van der Waals surface area (Å²) >= 11 is 6.52. The number of nitrogen functional groups attached to an aromatic ring is 1. The molecule has 0 radical (unpaired) electrons. The van der Waals surface area contributed by atoms with Gasteiger partial charge in [0.15, 0.2) is 0 Å². The van der Waals surface area contributed by atoms with Crippen molar-refractivity contribution in [3.05, 3.63) is 63.1 Å². The Hall–Kier alpha value is -1.87. The smallest absolute Gasteiger partial charge is 0.248 e. The average molecular weight is 486 g/mol. The molecule has 0 fully saturated rings. The fourth-order valence-corrected chi connectivity index (χ4v) is 3.53. The Morgan fingerprint density at radius 1 is 1.31 bits per heavy atom. The van der Waals surface area contributed by atoms with Crippen LogP contribution in [0.25, 0.3) is 0 Å². The number of benzene rings is 2. The lowest BCUT2D eigenvalue weighted by molar-refractivity contribution is -0.112. The van der Waals surface area contributed by atoms with Crippen LogP contribution in [0.15, 0.2) is 57.5 Å². The molecule has 138 valence electrons. The van der Waals surface area contributed by atoms with E-state index >= 15 is 0 Å². The van der Waals surface area contributed by atoms with Crippen LogP contribution >= 0.6 is 31.9 Å². The fourth-order valence-electron chi connectivity index (χ4n) is 2.27. The van der Waals surface area contributed by atoms with Crippen LogP contribution in [0.2, 0.25) is 0 Å². The van der Waals surface area contributed by atoms with Gasteiger partial charge >= 0.3 is 0 Å². The van der Waals surface area contributed by atoms with Gasteiger partial charge in [0.1, 0.15) is 18.0 Å². The molecule has 1 amide bonds. The zero-order valence-electron chi connectivity index (χ0n) is 13.8. The molecule has 0 aliphatic rings. The number of para-hydroxylation sites is 2. The topological polar surface area (TPSA) is 105 Å². The van der Waals surface area contributed by atoms with E-state index in [9.17, 15) is 15.0 Å². The highest BCUT2D eigenvalue weighted by molar-refractivity contribution is 9.11. The number of phenolic OH excluding ortho intramolecular Hbond substituents is 1. The van der Waals surface area contributed by atoms with Gasteiger partial charge < -0.3 is 26.0 Å². The molecule has 0 saturated carbocycles. The van der Waals surface area contributed by atoms with Gasteiger partial charge in [-0.2, -0.15) is 0 Å². The second-order valence-corrected chi connectivity index (χ2v) is 7.18. The lowest BCUT2D eigenvalue weighted by Crippen LogP contribution is -2.20. The molecule has 6 nitrogen and oxygen atoms in total. The van der Waals surface area contributed by atoms with Gasteiger partial charge in [-0.25, -0.2) is 0 Å². The second kappa shape index (κ2) is 9.18. The summed E-state index contributed by atoms with van der Waals surface area (Å²) in [5, 5.41) is 23.3. The van der Waals surface area contributed by atoms with Crippen molar-refractivity contribution >= 4 is 49.1 Å². The third-order valence-corrected chi connectivity index (χ3v) is 4.68. The number of carbonyl (C=O) groups is 1. The number of hydrogen-bond acceptors (Lipinski definition) is 5. The first-order valence-electron chi connectivity index (χ1n) is 7.56. The number of hydrogen-bond donors (Lipinski definition) is 4. The van der Waals surface area contributed by atoms with E-state index in [-0.39, 0.29) is 11.3 Å². The summed E-state index contributed by atoms with van der Waals surface area (Å²) in [5.41, 5.74) is 6.98. The molecule has 5 N–H and O–H groups in total. The minimum atomic E-state index is -1.18. The lowest BCUT2D eigenvalue weighted by Gasteiger charge is -2.20. The number of methoxy groups -OCH3 is 1. The molecule has 26 heavy (non-hydrogen) atoms. The van der Waals surface area contributed by atoms with Crippen molar-refractivity contribution in [3.8, 4) is 5.75 Å².